The van der Waals surface area contributed by atoms with Gasteiger partial charge < -0.3 is 25.0 Å². The highest BCUT2D eigenvalue weighted by Gasteiger charge is 2.37. The van der Waals surface area contributed by atoms with E-state index in [2.05, 4.69) is 9.97 Å². The minimum absolute atomic E-state index is 0.117. The summed E-state index contributed by atoms with van der Waals surface area (Å²) >= 11 is 7.17. The fourth-order valence-electron chi connectivity index (χ4n) is 3.84. The van der Waals surface area contributed by atoms with Gasteiger partial charge in [0.15, 0.2) is 11.7 Å². The van der Waals surface area contributed by atoms with E-state index in [1.165, 1.54) is 17.7 Å². The average molecular weight is 490 g/mol. The molecule has 2 aromatic heterocycles. The summed E-state index contributed by atoms with van der Waals surface area (Å²) in [6, 6.07) is 8.50. The number of benzene rings is 1. The summed E-state index contributed by atoms with van der Waals surface area (Å²) in [5, 5.41) is 1.33. The lowest BCUT2D eigenvalue weighted by Crippen LogP contribution is -2.59. The maximum absolute atomic E-state index is 13.3. The molecule has 9 nitrogen and oxygen atoms in total. The zero-order chi connectivity index (χ0) is 23.4. The van der Waals surface area contributed by atoms with Gasteiger partial charge in [0.05, 0.1) is 9.85 Å². The van der Waals surface area contributed by atoms with Crippen molar-refractivity contribution >= 4 is 51.5 Å². The molecule has 1 aliphatic rings. The lowest BCUT2D eigenvalue weighted by molar-refractivity contribution is -0.153. The first-order chi connectivity index (χ1) is 16.0. The Labute approximate surface area is 200 Å². The number of hydrogen-bond acceptors (Lipinski definition) is 8. The van der Waals surface area contributed by atoms with E-state index in [-0.39, 0.29) is 18.4 Å². The third kappa shape index (κ3) is 5.35. The molecule has 1 aliphatic heterocycles. The number of halogens is 1. The Kier molecular flexibility index (Phi) is 7.26. The Morgan fingerprint density at radius 1 is 1.27 bits per heavy atom. The van der Waals surface area contributed by atoms with Crippen molar-refractivity contribution in [2.24, 2.45) is 0 Å². The Bertz CT molecular complexity index is 1160. The monoisotopic (exact) mass is 489 g/mol. The summed E-state index contributed by atoms with van der Waals surface area (Å²) < 4.78 is 11.3. The van der Waals surface area contributed by atoms with Gasteiger partial charge in [0.1, 0.15) is 18.2 Å². The van der Waals surface area contributed by atoms with Crippen molar-refractivity contribution in [2.75, 3.05) is 39.1 Å². The number of nitrogens with two attached hydrogens (primary N) is 1. The van der Waals surface area contributed by atoms with Crippen LogP contribution in [-0.2, 0) is 20.9 Å². The summed E-state index contributed by atoms with van der Waals surface area (Å²) in [4.78, 5) is 37.8. The Morgan fingerprint density at radius 3 is 2.88 bits per heavy atom. The van der Waals surface area contributed by atoms with E-state index in [0.717, 1.165) is 16.5 Å². The number of rotatable bonds is 8. The van der Waals surface area contributed by atoms with Gasteiger partial charge in [-0.1, -0.05) is 29.0 Å². The van der Waals surface area contributed by atoms with E-state index in [0.29, 0.717) is 47.9 Å². The number of aromatic nitrogens is 2. The van der Waals surface area contributed by atoms with E-state index in [9.17, 15) is 9.59 Å². The summed E-state index contributed by atoms with van der Waals surface area (Å²) in [6.07, 6.45) is 1.83. The van der Waals surface area contributed by atoms with Crippen LogP contribution in [0.25, 0.3) is 10.9 Å². The summed E-state index contributed by atoms with van der Waals surface area (Å²) in [7, 11) is 1.57. The maximum atomic E-state index is 13.3. The summed E-state index contributed by atoms with van der Waals surface area (Å²) in [6.45, 7) is 1.45. The molecular formula is C22H24ClN5O4S. The highest BCUT2D eigenvalue weighted by atomic mass is 35.5. The minimum Gasteiger partial charge on any atom is -0.474 e. The fraction of sp³-hybridized carbons (Fsp3) is 0.364. The van der Waals surface area contributed by atoms with Crippen LogP contribution in [0.3, 0.4) is 0 Å². The van der Waals surface area contributed by atoms with Crippen molar-refractivity contribution in [3.63, 3.8) is 0 Å². The van der Waals surface area contributed by atoms with E-state index in [1.807, 2.05) is 18.2 Å². The molecule has 0 saturated carbocycles. The quantitative estimate of drug-likeness (QED) is 0.517. The van der Waals surface area contributed by atoms with Crippen LogP contribution < -0.4 is 10.5 Å². The van der Waals surface area contributed by atoms with Crippen LogP contribution in [0.2, 0.25) is 4.34 Å². The number of nitrogen functional groups attached to an aromatic ring is 1. The van der Waals surface area contributed by atoms with Gasteiger partial charge in [-0.25, -0.2) is 9.97 Å². The van der Waals surface area contributed by atoms with Gasteiger partial charge >= 0.3 is 0 Å². The summed E-state index contributed by atoms with van der Waals surface area (Å²) in [5.74, 6) is 0.0565. The van der Waals surface area contributed by atoms with Gasteiger partial charge in [0.2, 0.25) is 5.91 Å². The first-order valence-corrected chi connectivity index (χ1v) is 11.6. The van der Waals surface area contributed by atoms with Crippen molar-refractivity contribution in [2.45, 2.75) is 19.0 Å². The smallest absolute Gasteiger partial charge is 0.261 e. The number of carbonyl (C=O) groups excluding carboxylic acids is 2. The number of thiophene rings is 1. The number of fused-ring (bicyclic) bond motifs is 1. The first-order valence-electron chi connectivity index (χ1n) is 10.4. The maximum Gasteiger partial charge on any atom is 0.261 e. The lowest BCUT2D eigenvalue weighted by Gasteiger charge is -2.40. The first kappa shape index (κ1) is 23.2. The van der Waals surface area contributed by atoms with Crippen LogP contribution in [0.5, 0.6) is 5.06 Å². The highest BCUT2D eigenvalue weighted by Crippen LogP contribution is 2.28. The number of anilines is 1. The highest BCUT2D eigenvalue weighted by molar-refractivity contribution is 7.17. The van der Waals surface area contributed by atoms with Crippen molar-refractivity contribution in [3.8, 4) is 5.06 Å². The Hall–Kier alpha value is -2.95. The van der Waals surface area contributed by atoms with Crippen LogP contribution in [0.1, 0.15) is 12.0 Å². The zero-order valence-electron chi connectivity index (χ0n) is 18.1. The van der Waals surface area contributed by atoms with Crippen molar-refractivity contribution in [1.82, 2.24) is 19.8 Å². The van der Waals surface area contributed by atoms with Crippen molar-refractivity contribution < 1.29 is 19.1 Å². The number of carbonyl (C=O) groups is 2. The van der Waals surface area contributed by atoms with E-state index >= 15 is 0 Å². The number of methoxy groups -OCH3 is 1. The number of nitrogens with zero attached hydrogens (tertiary/aromatic N) is 4. The number of piperazine rings is 1. The molecule has 0 radical (unpaired) electrons. The topological polar surface area (TPSA) is 111 Å². The summed E-state index contributed by atoms with van der Waals surface area (Å²) in [5.41, 5.74) is 7.56. The largest absolute Gasteiger partial charge is 0.474 e. The second-order valence-electron chi connectivity index (χ2n) is 7.60. The molecule has 0 aliphatic carbocycles. The van der Waals surface area contributed by atoms with E-state index < -0.39 is 6.04 Å². The fourth-order valence-corrected chi connectivity index (χ4v) is 4.71. The third-order valence-corrected chi connectivity index (χ3v) is 6.63. The number of amides is 2. The van der Waals surface area contributed by atoms with Gasteiger partial charge in [-0.2, -0.15) is 0 Å². The molecule has 4 rings (SSSR count). The molecule has 0 bridgehead atoms. The molecule has 174 valence electrons. The minimum atomic E-state index is -0.611. The molecule has 2 amide bonds. The standard InChI is InChI=1S/C22H24ClN5O4S/c1-31-9-6-17-22(30)27(11-14-2-3-15-16(10-14)25-13-26-21(15)24)7-8-28(17)19(29)12-32-20-5-4-18(23)33-20/h2-5,10,13,17H,6-9,11-12H2,1H3,(H2,24,25,26)/t17-/m0/s1. The van der Waals surface area contributed by atoms with Gasteiger partial charge in [0.25, 0.3) is 5.91 Å². The molecule has 33 heavy (non-hydrogen) atoms. The van der Waals surface area contributed by atoms with Gasteiger partial charge in [0, 0.05) is 45.2 Å². The van der Waals surface area contributed by atoms with Crippen molar-refractivity contribution in [1.29, 1.82) is 0 Å². The van der Waals surface area contributed by atoms with Crippen LogP contribution in [0, 0.1) is 0 Å². The molecule has 2 N–H and O–H groups in total. The zero-order valence-corrected chi connectivity index (χ0v) is 19.6. The molecular weight excluding hydrogens is 466 g/mol. The predicted octanol–water partition coefficient (Wildman–Crippen LogP) is 2.58. The van der Waals surface area contributed by atoms with Crippen LogP contribution in [-0.4, -0.2) is 71.0 Å². The van der Waals surface area contributed by atoms with Crippen LogP contribution >= 0.6 is 22.9 Å². The normalized spacial score (nSPS) is 16.4. The second-order valence-corrected chi connectivity index (χ2v) is 9.28. The molecule has 1 saturated heterocycles. The molecule has 11 heteroatoms. The Morgan fingerprint density at radius 2 is 2.12 bits per heavy atom. The molecule has 0 spiro atoms. The molecule has 3 aromatic rings. The molecule has 1 aromatic carbocycles. The van der Waals surface area contributed by atoms with Crippen LogP contribution in [0.15, 0.2) is 36.7 Å². The second kappa shape index (κ2) is 10.3. The van der Waals surface area contributed by atoms with Gasteiger partial charge in [-0.3, -0.25) is 9.59 Å². The third-order valence-electron chi connectivity index (χ3n) is 5.49. The predicted molar refractivity (Wildman–Crippen MR) is 126 cm³/mol. The number of ether oxygens (including phenoxy) is 2. The van der Waals surface area contributed by atoms with E-state index in [4.69, 9.17) is 26.8 Å². The van der Waals surface area contributed by atoms with Crippen LogP contribution in [0.4, 0.5) is 5.82 Å². The molecule has 3 heterocycles. The number of hydrogen-bond donors (Lipinski definition) is 1. The Balaban J connectivity index is 1.45. The molecule has 0 unspecified atom stereocenters. The van der Waals surface area contributed by atoms with E-state index in [1.54, 1.807) is 29.0 Å². The molecule has 1 fully saturated rings. The molecule has 1 atom stereocenters. The average Bonchev–Trinajstić information content (AvgIpc) is 3.23. The SMILES string of the molecule is COCC[C@H]1C(=O)N(Cc2ccc3c(N)ncnc3c2)CCN1C(=O)COc1ccc(Cl)s1. The van der Waals surface area contributed by atoms with Gasteiger partial charge in [-0.15, -0.1) is 0 Å². The van der Waals surface area contributed by atoms with Crippen molar-refractivity contribution in [3.05, 3.63) is 46.6 Å². The lowest BCUT2D eigenvalue weighted by atomic mass is 10.1. The van der Waals surface area contributed by atoms with Gasteiger partial charge in [-0.05, 0) is 29.8 Å².